The molecule has 3 N–H and O–H groups in total. The van der Waals surface area contributed by atoms with E-state index in [1.807, 2.05) is 19.1 Å². The summed E-state index contributed by atoms with van der Waals surface area (Å²) in [6, 6.07) is 6.43. The van der Waals surface area contributed by atoms with Gasteiger partial charge in [-0.25, -0.2) is 0 Å². The SMILES string of the molecule is CCc1cccc(C)c1NC(=O)CN1CCC(C(C)N)CC1.Cl. The Morgan fingerprint density at radius 2 is 2.04 bits per heavy atom. The Hall–Kier alpha value is -1.10. The Bertz CT molecular complexity index is 511. The average molecular weight is 340 g/mol. The number of aryl methyl sites for hydroxylation is 2. The number of carbonyl (C=O) groups is 1. The van der Waals surface area contributed by atoms with Gasteiger partial charge in [-0.05, 0) is 63.2 Å². The minimum Gasteiger partial charge on any atom is -0.328 e. The summed E-state index contributed by atoms with van der Waals surface area (Å²) in [6.07, 6.45) is 3.11. The lowest BCUT2D eigenvalue weighted by atomic mass is 9.91. The fraction of sp³-hybridized carbons (Fsp3) is 0.611. The number of hydrogen-bond acceptors (Lipinski definition) is 3. The minimum absolute atomic E-state index is 0. The largest absolute Gasteiger partial charge is 0.328 e. The van der Waals surface area contributed by atoms with Gasteiger partial charge in [0.05, 0.1) is 6.54 Å². The number of nitrogens with one attached hydrogen (secondary N) is 1. The summed E-state index contributed by atoms with van der Waals surface area (Å²) in [5.74, 6) is 0.686. The predicted molar refractivity (Wildman–Crippen MR) is 99.2 cm³/mol. The first-order valence-electron chi connectivity index (χ1n) is 8.37. The normalized spacial score (nSPS) is 17.4. The molecule has 1 aliphatic heterocycles. The van der Waals surface area contributed by atoms with Gasteiger partial charge in [0.2, 0.25) is 5.91 Å². The van der Waals surface area contributed by atoms with E-state index in [0.29, 0.717) is 12.5 Å². The number of benzene rings is 1. The molecule has 1 fully saturated rings. The zero-order valence-electron chi connectivity index (χ0n) is 14.5. The third-order valence-corrected chi connectivity index (χ3v) is 4.75. The molecule has 4 nitrogen and oxygen atoms in total. The predicted octanol–water partition coefficient (Wildman–Crippen LogP) is 2.98. The molecule has 5 heteroatoms. The Morgan fingerprint density at radius 3 is 2.61 bits per heavy atom. The van der Waals surface area contributed by atoms with Gasteiger partial charge in [0.25, 0.3) is 0 Å². The number of likely N-dealkylation sites (tertiary alicyclic amines) is 1. The minimum atomic E-state index is 0. The van der Waals surface area contributed by atoms with Gasteiger partial charge in [-0.15, -0.1) is 12.4 Å². The molecule has 0 saturated carbocycles. The molecule has 0 spiro atoms. The Kier molecular flexibility index (Phi) is 8.03. The van der Waals surface area contributed by atoms with Crippen LogP contribution in [0, 0.1) is 12.8 Å². The summed E-state index contributed by atoms with van der Waals surface area (Å²) >= 11 is 0. The summed E-state index contributed by atoms with van der Waals surface area (Å²) in [4.78, 5) is 14.6. The number of anilines is 1. The quantitative estimate of drug-likeness (QED) is 0.867. The molecule has 1 aliphatic rings. The monoisotopic (exact) mass is 339 g/mol. The topological polar surface area (TPSA) is 58.4 Å². The number of piperidine rings is 1. The maximum atomic E-state index is 12.3. The highest BCUT2D eigenvalue weighted by Gasteiger charge is 2.23. The van der Waals surface area contributed by atoms with E-state index in [9.17, 15) is 4.79 Å². The van der Waals surface area contributed by atoms with E-state index in [2.05, 4.69) is 30.1 Å². The molecule has 1 saturated heterocycles. The van der Waals surface area contributed by atoms with Gasteiger partial charge in [-0.3, -0.25) is 9.69 Å². The van der Waals surface area contributed by atoms with E-state index in [1.54, 1.807) is 0 Å². The standard InChI is InChI=1S/C18H29N3O.ClH/c1-4-15-7-5-6-13(2)18(15)20-17(22)12-21-10-8-16(9-11-21)14(3)19;/h5-7,14,16H,4,8-12,19H2,1-3H3,(H,20,22);1H. The van der Waals surface area contributed by atoms with Crippen LogP contribution in [0.15, 0.2) is 18.2 Å². The van der Waals surface area contributed by atoms with Crippen LogP contribution in [0.1, 0.15) is 37.8 Å². The van der Waals surface area contributed by atoms with Crippen molar-refractivity contribution in [2.24, 2.45) is 11.7 Å². The molecule has 1 unspecified atom stereocenters. The molecule has 23 heavy (non-hydrogen) atoms. The highest BCUT2D eigenvalue weighted by Crippen LogP contribution is 2.22. The Morgan fingerprint density at radius 1 is 1.39 bits per heavy atom. The van der Waals surface area contributed by atoms with Crippen molar-refractivity contribution < 1.29 is 4.79 Å². The fourth-order valence-electron chi connectivity index (χ4n) is 3.22. The number of nitrogens with zero attached hydrogens (tertiary/aromatic N) is 1. The van der Waals surface area contributed by atoms with Crippen LogP contribution in [0.3, 0.4) is 0 Å². The lowest BCUT2D eigenvalue weighted by Gasteiger charge is -2.33. The van der Waals surface area contributed by atoms with Crippen LogP contribution in [0.5, 0.6) is 0 Å². The van der Waals surface area contributed by atoms with Gasteiger partial charge < -0.3 is 11.1 Å². The second-order valence-corrected chi connectivity index (χ2v) is 6.48. The van der Waals surface area contributed by atoms with Crippen molar-refractivity contribution in [3.8, 4) is 0 Å². The van der Waals surface area contributed by atoms with Gasteiger partial charge in [0.1, 0.15) is 0 Å². The number of nitrogens with two attached hydrogens (primary N) is 1. The smallest absolute Gasteiger partial charge is 0.238 e. The third kappa shape index (κ3) is 5.48. The van der Waals surface area contributed by atoms with E-state index >= 15 is 0 Å². The maximum Gasteiger partial charge on any atom is 0.238 e. The average Bonchev–Trinajstić information content (AvgIpc) is 2.49. The molecule has 1 heterocycles. The Balaban J connectivity index is 0.00000264. The molecule has 0 radical (unpaired) electrons. The first-order valence-corrected chi connectivity index (χ1v) is 8.37. The second kappa shape index (κ2) is 9.26. The molecule has 1 atom stereocenters. The van der Waals surface area contributed by atoms with Crippen molar-refractivity contribution in [3.63, 3.8) is 0 Å². The third-order valence-electron chi connectivity index (χ3n) is 4.75. The van der Waals surface area contributed by atoms with Crippen molar-refractivity contribution in [1.82, 2.24) is 4.90 Å². The first kappa shape index (κ1) is 19.9. The van der Waals surface area contributed by atoms with Crippen LogP contribution in [0.25, 0.3) is 0 Å². The van der Waals surface area contributed by atoms with Gasteiger partial charge in [-0.2, -0.15) is 0 Å². The lowest BCUT2D eigenvalue weighted by molar-refractivity contribution is -0.117. The highest BCUT2D eigenvalue weighted by molar-refractivity contribution is 5.93. The maximum absolute atomic E-state index is 12.3. The van der Waals surface area contributed by atoms with Crippen LogP contribution in [-0.4, -0.2) is 36.5 Å². The van der Waals surface area contributed by atoms with E-state index < -0.39 is 0 Å². The molecule has 130 valence electrons. The lowest BCUT2D eigenvalue weighted by Crippen LogP contribution is -2.42. The summed E-state index contributed by atoms with van der Waals surface area (Å²) in [6.45, 7) is 8.65. The fourth-order valence-corrected chi connectivity index (χ4v) is 3.22. The van der Waals surface area contributed by atoms with Crippen LogP contribution in [0.2, 0.25) is 0 Å². The molecule has 1 amide bonds. The molecule has 0 bridgehead atoms. The number of amides is 1. The van der Waals surface area contributed by atoms with Crippen molar-refractivity contribution >= 4 is 24.0 Å². The van der Waals surface area contributed by atoms with Crippen molar-refractivity contribution in [2.75, 3.05) is 25.0 Å². The zero-order chi connectivity index (χ0) is 16.1. The molecule has 0 aromatic heterocycles. The molecular weight excluding hydrogens is 310 g/mol. The summed E-state index contributed by atoms with van der Waals surface area (Å²) in [5.41, 5.74) is 9.28. The van der Waals surface area contributed by atoms with Crippen molar-refractivity contribution in [2.45, 2.75) is 46.1 Å². The number of para-hydroxylation sites is 1. The second-order valence-electron chi connectivity index (χ2n) is 6.48. The summed E-state index contributed by atoms with van der Waals surface area (Å²) in [7, 11) is 0. The van der Waals surface area contributed by atoms with E-state index in [4.69, 9.17) is 5.73 Å². The van der Waals surface area contributed by atoms with Crippen LogP contribution in [0.4, 0.5) is 5.69 Å². The Labute approximate surface area is 146 Å². The molecule has 0 aliphatic carbocycles. The van der Waals surface area contributed by atoms with Crippen LogP contribution < -0.4 is 11.1 Å². The first-order chi connectivity index (χ1) is 10.5. The summed E-state index contributed by atoms with van der Waals surface area (Å²) < 4.78 is 0. The summed E-state index contributed by atoms with van der Waals surface area (Å²) in [5, 5.41) is 3.11. The molecule has 1 aromatic carbocycles. The number of rotatable bonds is 5. The van der Waals surface area contributed by atoms with E-state index in [0.717, 1.165) is 43.6 Å². The van der Waals surface area contributed by atoms with Gasteiger partial charge >= 0.3 is 0 Å². The highest BCUT2D eigenvalue weighted by atomic mass is 35.5. The van der Waals surface area contributed by atoms with Gasteiger partial charge in [0.15, 0.2) is 0 Å². The van der Waals surface area contributed by atoms with Gasteiger partial charge in [0, 0.05) is 11.7 Å². The van der Waals surface area contributed by atoms with E-state index in [1.165, 1.54) is 5.56 Å². The van der Waals surface area contributed by atoms with Crippen LogP contribution in [-0.2, 0) is 11.2 Å². The molecular formula is C18H30ClN3O. The van der Waals surface area contributed by atoms with Gasteiger partial charge in [-0.1, -0.05) is 25.1 Å². The van der Waals surface area contributed by atoms with Crippen molar-refractivity contribution in [1.29, 1.82) is 0 Å². The number of carbonyl (C=O) groups excluding carboxylic acids is 1. The zero-order valence-corrected chi connectivity index (χ0v) is 15.3. The number of halogens is 1. The molecule has 2 rings (SSSR count). The molecule has 1 aromatic rings. The van der Waals surface area contributed by atoms with Crippen molar-refractivity contribution in [3.05, 3.63) is 29.3 Å². The number of hydrogen-bond donors (Lipinski definition) is 2. The van der Waals surface area contributed by atoms with E-state index in [-0.39, 0.29) is 24.4 Å². The van der Waals surface area contributed by atoms with Crippen LogP contribution >= 0.6 is 12.4 Å².